The van der Waals surface area contributed by atoms with E-state index in [0.29, 0.717) is 11.3 Å². The Balaban J connectivity index is 2.10. The van der Waals surface area contributed by atoms with Gasteiger partial charge < -0.3 is 0 Å². The van der Waals surface area contributed by atoms with Crippen molar-refractivity contribution >= 4 is 17.5 Å². The molecule has 1 aliphatic carbocycles. The standard InChI is InChI=1S/C12H12F2OS/c13-8-5-6-11(9(14)7-8)16-12-4-2-1-3-10(12)15/h5-7,12H,1-4H2. The number of benzene rings is 1. The van der Waals surface area contributed by atoms with Gasteiger partial charge in [0.15, 0.2) is 0 Å². The SMILES string of the molecule is O=C1CCCCC1Sc1ccc(F)cc1F. The molecule has 16 heavy (non-hydrogen) atoms. The summed E-state index contributed by atoms with van der Waals surface area (Å²) in [6, 6.07) is 3.48. The van der Waals surface area contributed by atoms with E-state index in [-0.39, 0.29) is 11.0 Å². The molecule has 0 amide bonds. The predicted octanol–water partition coefficient (Wildman–Crippen LogP) is 3.57. The van der Waals surface area contributed by atoms with Gasteiger partial charge in [-0.25, -0.2) is 8.78 Å². The molecule has 4 heteroatoms. The highest BCUT2D eigenvalue weighted by molar-refractivity contribution is 8.00. The molecule has 86 valence electrons. The maximum Gasteiger partial charge on any atom is 0.146 e. The molecule has 2 rings (SSSR count). The zero-order valence-corrected chi connectivity index (χ0v) is 9.53. The van der Waals surface area contributed by atoms with Gasteiger partial charge in [0.25, 0.3) is 0 Å². The van der Waals surface area contributed by atoms with Gasteiger partial charge in [-0.05, 0) is 25.0 Å². The number of hydrogen-bond acceptors (Lipinski definition) is 2. The lowest BCUT2D eigenvalue weighted by Gasteiger charge is -2.19. The highest BCUT2D eigenvalue weighted by atomic mass is 32.2. The van der Waals surface area contributed by atoms with Crippen molar-refractivity contribution in [3.8, 4) is 0 Å². The second-order valence-electron chi connectivity index (χ2n) is 3.89. The molecule has 0 radical (unpaired) electrons. The molecule has 0 heterocycles. The lowest BCUT2D eigenvalue weighted by molar-refractivity contribution is -0.119. The van der Waals surface area contributed by atoms with Crippen molar-refractivity contribution in [3.05, 3.63) is 29.8 Å². The number of rotatable bonds is 2. The quantitative estimate of drug-likeness (QED) is 0.788. The summed E-state index contributed by atoms with van der Waals surface area (Å²) in [5.74, 6) is -0.986. The third kappa shape index (κ3) is 2.61. The molecule has 1 aromatic carbocycles. The van der Waals surface area contributed by atoms with E-state index in [0.717, 1.165) is 25.3 Å². The van der Waals surface area contributed by atoms with E-state index >= 15 is 0 Å². The molecule has 0 spiro atoms. The molecule has 1 aliphatic rings. The molecule has 1 nitrogen and oxygen atoms in total. The summed E-state index contributed by atoms with van der Waals surface area (Å²) in [6.07, 6.45) is 3.31. The van der Waals surface area contributed by atoms with E-state index < -0.39 is 11.6 Å². The fourth-order valence-electron chi connectivity index (χ4n) is 1.80. The monoisotopic (exact) mass is 242 g/mol. The number of ketones is 1. The van der Waals surface area contributed by atoms with Crippen LogP contribution in [0.15, 0.2) is 23.1 Å². The molecular formula is C12H12F2OS. The Morgan fingerprint density at radius 3 is 2.75 bits per heavy atom. The van der Waals surface area contributed by atoms with Crippen molar-refractivity contribution in [2.45, 2.75) is 35.8 Å². The second kappa shape index (κ2) is 4.95. The fraction of sp³-hybridized carbons (Fsp3) is 0.417. The minimum atomic E-state index is -0.586. The largest absolute Gasteiger partial charge is 0.298 e. The first-order valence-corrected chi connectivity index (χ1v) is 6.19. The molecule has 0 N–H and O–H groups in total. The van der Waals surface area contributed by atoms with Crippen LogP contribution in [-0.4, -0.2) is 11.0 Å². The smallest absolute Gasteiger partial charge is 0.146 e. The fourth-order valence-corrected chi connectivity index (χ4v) is 2.96. The summed E-state index contributed by atoms with van der Waals surface area (Å²) < 4.78 is 26.0. The summed E-state index contributed by atoms with van der Waals surface area (Å²) in [6.45, 7) is 0. The van der Waals surface area contributed by atoms with E-state index in [1.807, 2.05) is 0 Å². The predicted molar refractivity (Wildman–Crippen MR) is 59.5 cm³/mol. The van der Waals surface area contributed by atoms with Gasteiger partial charge in [0.2, 0.25) is 0 Å². The maximum absolute atomic E-state index is 13.4. The summed E-state index contributed by atoms with van der Waals surface area (Å²) >= 11 is 1.22. The molecule has 1 aromatic rings. The lowest BCUT2D eigenvalue weighted by Crippen LogP contribution is -2.21. The van der Waals surface area contributed by atoms with Gasteiger partial charge in [0.05, 0.1) is 5.25 Å². The summed E-state index contributed by atoms with van der Waals surface area (Å²) in [4.78, 5) is 11.9. The zero-order chi connectivity index (χ0) is 11.5. The first-order chi connectivity index (χ1) is 7.66. The summed E-state index contributed by atoms with van der Waals surface area (Å²) in [5, 5.41) is -0.159. The van der Waals surface area contributed by atoms with Crippen LogP contribution in [0.3, 0.4) is 0 Å². The van der Waals surface area contributed by atoms with Gasteiger partial charge in [-0.2, -0.15) is 0 Å². The van der Waals surface area contributed by atoms with Crippen LogP contribution < -0.4 is 0 Å². The van der Waals surface area contributed by atoms with Gasteiger partial charge in [-0.1, -0.05) is 6.42 Å². The first kappa shape index (κ1) is 11.6. The minimum Gasteiger partial charge on any atom is -0.298 e. The third-order valence-corrected chi connectivity index (χ3v) is 4.03. The molecule has 0 saturated heterocycles. The topological polar surface area (TPSA) is 17.1 Å². The lowest BCUT2D eigenvalue weighted by atomic mass is 9.99. The third-order valence-electron chi connectivity index (χ3n) is 2.66. The van der Waals surface area contributed by atoms with Crippen LogP contribution in [0.2, 0.25) is 0 Å². The van der Waals surface area contributed by atoms with Gasteiger partial charge in [0, 0.05) is 17.4 Å². The van der Waals surface area contributed by atoms with Gasteiger partial charge in [0.1, 0.15) is 17.4 Å². The second-order valence-corrected chi connectivity index (χ2v) is 5.14. The number of carbonyl (C=O) groups excluding carboxylic acids is 1. The van der Waals surface area contributed by atoms with Crippen molar-refractivity contribution in [1.29, 1.82) is 0 Å². The van der Waals surface area contributed by atoms with Crippen molar-refractivity contribution in [2.75, 3.05) is 0 Å². The molecular weight excluding hydrogens is 230 g/mol. The first-order valence-electron chi connectivity index (χ1n) is 5.31. The van der Waals surface area contributed by atoms with Crippen molar-refractivity contribution in [2.24, 2.45) is 0 Å². The average Bonchev–Trinajstić information content (AvgIpc) is 2.25. The molecule has 1 fully saturated rings. The van der Waals surface area contributed by atoms with E-state index in [1.54, 1.807) is 0 Å². The Hall–Kier alpha value is -0.900. The number of thioether (sulfide) groups is 1. The average molecular weight is 242 g/mol. The van der Waals surface area contributed by atoms with Crippen LogP contribution in [-0.2, 0) is 4.79 Å². The van der Waals surface area contributed by atoms with Gasteiger partial charge in [-0.3, -0.25) is 4.79 Å². The number of carbonyl (C=O) groups is 1. The molecule has 0 bridgehead atoms. The summed E-state index contributed by atoms with van der Waals surface area (Å²) in [5.41, 5.74) is 0. The van der Waals surface area contributed by atoms with Gasteiger partial charge in [-0.15, -0.1) is 11.8 Å². The van der Waals surface area contributed by atoms with Crippen molar-refractivity contribution in [1.82, 2.24) is 0 Å². The Morgan fingerprint density at radius 1 is 1.25 bits per heavy atom. The molecule has 1 atom stereocenters. The number of halogens is 2. The van der Waals surface area contributed by atoms with E-state index in [9.17, 15) is 13.6 Å². The van der Waals surface area contributed by atoms with Crippen LogP contribution in [0, 0.1) is 11.6 Å². The molecule has 0 aromatic heterocycles. The highest BCUT2D eigenvalue weighted by Gasteiger charge is 2.24. The Morgan fingerprint density at radius 2 is 2.06 bits per heavy atom. The molecule has 1 unspecified atom stereocenters. The van der Waals surface area contributed by atoms with E-state index in [2.05, 4.69) is 0 Å². The van der Waals surface area contributed by atoms with E-state index in [4.69, 9.17) is 0 Å². The van der Waals surface area contributed by atoms with Crippen LogP contribution >= 0.6 is 11.8 Å². The zero-order valence-electron chi connectivity index (χ0n) is 8.71. The number of Topliss-reactive ketones (excluding diaryl/α,β-unsaturated/α-hetero) is 1. The van der Waals surface area contributed by atoms with Crippen molar-refractivity contribution in [3.63, 3.8) is 0 Å². The van der Waals surface area contributed by atoms with Crippen molar-refractivity contribution < 1.29 is 13.6 Å². The Bertz CT molecular complexity index is 406. The van der Waals surface area contributed by atoms with Crippen LogP contribution in [0.25, 0.3) is 0 Å². The van der Waals surface area contributed by atoms with Crippen LogP contribution in [0.5, 0.6) is 0 Å². The number of hydrogen-bond donors (Lipinski definition) is 0. The Kier molecular flexibility index (Phi) is 3.59. The van der Waals surface area contributed by atoms with Gasteiger partial charge >= 0.3 is 0 Å². The minimum absolute atomic E-state index is 0.159. The highest BCUT2D eigenvalue weighted by Crippen LogP contribution is 2.33. The van der Waals surface area contributed by atoms with Crippen LogP contribution in [0.4, 0.5) is 8.78 Å². The Labute approximate surface area is 97.2 Å². The maximum atomic E-state index is 13.4. The molecule has 0 aliphatic heterocycles. The van der Waals surface area contributed by atoms with E-state index in [1.165, 1.54) is 23.9 Å². The molecule has 1 saturated carbocycles. The van der Waals surface area contributed by atoms with Crippen LogP contribution in [0.1, 0.15) is 25.7 Å². The normalized spacial score (nSPS) is 21.1. The summed E-state index contributed by atoms with van der Waals surface area (Å²) in [7, 11) is 0.